The van der Waals surface area contributed by atoms with Gasteiger partial charge in [0.1, 0.15) is 0 Å². The predicted octanol–water partition coefficient (Wildman–Crippen LogP) is -0.0894. The van der Waals surface area contributed by atoms with E-state index in [0.717, 1.165) is 13.0 Å². The van der Waals surface area contributed by atoms with E-state index in [2.05, 4.69) is 33.7 Å². The third-order valence-electron chi connectivity index (χ3n) is 2.98. The van der Waals surface area contributed by atoms with Crippen molar-refractivity contribution >= 4 is 10.0 Å². The average molecular weight is 290 g/mol. The van der Waals surface area contributed by atoms with Crippen LogP contribution in [0.4, 0.5) is 0 Å². The molecule has 8 heteroatoms. The molecule has 0 unspecified atom stereocenters. The minimum atomic E-state index is -3.62. The molecule has 0 spiro atoms. The molecule has 0 bridgehead atoms. The lowest BCUT2D eigenvalue weighted by atomic mass is 10.3. The van der Waals surface area contributed by atoms with Crippen LogP contribution in [-0.2, 0) is 16.6 Å². The fourth-order valence-corrected chi connectivity index (χ4v) is 2.70. The second kappa shape index (κ2) is 6.99. The summed E-state index contributed by atoms with van der Waals surface area (Å²) in [4.78, 5) is 2.14. The minimum Gasteiger partial charge on any atom is -0.392 e. The summed E-state index contributed by atoms with van der Waals surface area (Å²) in [6, 6.07) is 0.435. The second-order valence-corrected chi connectivity index (χ2v) is 6.41. The quantitative estimate of drug-likeness (QED) is 0.581. The number of hydrogen-bond donors (Lipinski definition) is 3. The summed E-state index contributed by atoms with van der Waals surface area (Å²) < 4.78 is 26.4. The molecule has 0 aliphatic heterocycles. The summed E-state index contributed by atoms with van der Waals surface area (Å²) in [5.41, 5.74) is 0.270. The lowest BCUT2D eigenvalue weighted by molar-refractivity contribution is 0.271. The third-order valence-corrected chi connectivity index (χ3v) is 4.45. The zero-order valence-electron chi connectivity index (χ0n) is 11.5. The first kappa shape index (κ1) is 16.1. The Bertz CT molecular complexity index is 484. The van der Waals surface area contributed by atoms with Crippen LogP contribution in [0.3, 0.4) is 0 Å². The van der Waals surface area contributed by atoms with Gasteiger partial charge in [0.15, 0.2) is 5.03 Å². The van der Waals surface area contributed by atoms with Crippen LogP contribution in [0, 0.1) is 0 Å². The molecule has 0 saturated heterocycles. The Morgan fingerprint density at radius 1 is 1.53 bits per heavy atom. The Hall–Kier alpha value is -0.960. The van der Waals surface area contributed by atoms with E-state index in [4.69, 9.17) is 5.11 Å². The predicted molar refractivity (Wildman–Crippen MR) is 72.1 cm³/mol. The van der Waals surface area contributed by atoms with Crippen molar-refractivity contribution in [3.8, 4) is 0 Å². The number of sulfonamides is 1. The maximum Gasteiger partial charge on any atom is 0.257 e. The van der Waals surface area contributed by atoms with Gasteiger partial charge in [-0.05, 0) is 33.9 Å². The number of rotatable bonds is 8. The van der Waals surface area contributed by atoms with E-state index in [0.29, 0.717) is 12.6 Å². The second-order valence-electron chi connectivity index (χ2n) is 4.71. The molecule has 0 atom stereocenters. The molecule has 0 amide bonds. The molecule has 0 aliphatic carbocycles. The molecular formula is C11H22N4O3S. The molecule has 7 nitrogen and oxygen atoms in total. The van der Waals surface area contributed by atoms with Crippen molar-refractivity contribution in [3.63, 3.8) is 0 Å². The molecule has 0 radical (unpaired) electrons. The van der Waals surface area contributed by atoms with Crippen LogP contribution in [0.25, 0.3) is 0 Å². The molecule has 1 aromatic heterocycles. The van der Waals surface area contributed by atoms with Crippen LogP contribution in [-0.4, -0.2) is 54.8 Å². The maximum absolute atomic E-state index is 11.9. The van der Waals surface area contributed by atoms with Crippen LogP contribution in [0.2, 0.25) is 0 Å². The third kappa shape index (κ3) is 4.57. The Labute approximate surface area is 114 Å². The first-order chi connectivity index (χ1) is 8.88. The van der Waals surface area contributed by atoms with Gasteiger partial charge in [-0.2, -0.15) is 5.10 Å². The summed E-state index contributed by atoms with van der Waals surface area (Å²) in [7, 11) is -1.63. The SMILES string of the molecule is CC(C)N(C)CCCNS(=O)(=O)c1[nH]ncc1CO. The van der Waals surface area contributed by atoms with Crippen molar-refractivity contribution < 1.29 is 13.5 Å². The van der Waals surface area contributed by atoms with E-state index in [-0.39, 0.29) is 17.2 Å². The molecule has 110 valence electrons. The van der Waals surface area contributed by atoms with Crippen LogP contribution in [0.15, 0.2) is 11.2 Å². The van der Waals surface area contributed by atoms with Gasteiger partial charge < -0.3 is 10.0 Å². The van der Waals surface area contributed by atoms with Crippen molar-refractivity contribution in [1.82, 2.24) is 19.8 Å². The molecule has 1 rings (SSSR count). The Morgan fingerprint density at radius 2 is 2.21 bits per heavy atom. The summed E-state index contributed by atoms with van der Waals surface area (Å²) in [6.07, 6.45) is 2.03. The van der Waals surface area contributed by atoms with Gasteiger partial charge in [-0.3, -0.25) is 5.10 Å². The molecule has 0 fully saturated rings. The number of aliphatic hydroxyl groups is 1. The summed E-state index contributed by atoms with van der Waals surface area (Å²) in [5, 5.41) is 15.0. The molecule has 3 N–H and O–H groups in total. The van der Waals surface area contributed by atoms with Gasteiger partial charge in [-0.15, -0.1) is 0 Å². The van der Waals surface area contributed by atoms with Crippen molar-refractivity contribution in [2.45, 2.75) is 37.9 Å². The average Bonchev–Trinajstić information content (AvgIpc) is 2.83. The smallest absolute Gasteiger partial charge is 0.257 e. The first-order valence-corrected chi connectivity index (χ1v) is 7.69. The molecule has 1 aromatic rings. The number of nitrogens with one attached hydrogen (secondary N) is 2. The summed E-state index contributed by atoms with van der Waals surface area (Å²) >= 11 is 0. The van der Waals surface area contributed by atoms with Crippen LogP contribution < -0.4 is 4.72 Å². The lowest BCUT2D eigenvalue weighted by Gasteiger charge is -2.20. The number of aliphatic hydroxyl groups excluding tert-OH is 1. The van der Waals surface area contributed by atoms with Crippen molar-refractivity contribution in [3.05, 3.63) is 11.8 Å². The zero-order chi connectivity index (χ0) is 14.5. The van der Waals surface area contributed by atoms with Crippen LogP contribution in [0.1, 0.15) is 25.8 Å². The van der Waals surface area contributed by atoms with Crippen molar-refractivity contribution in [1.29, 1.82) is 0 Å². The van der Waals surface area contributed by atoms with E-state index >= 15 is 0 Å². The van der Waals surface area contributed by atoms with E-state index < -0.39 is 10.0 Å². The molecular weight excluding hydrogens is 268 g/mol. The van der Waals surface area contributed by atoms with E-state index in [1.54, 1.807) is 0 Å². The zero-order valence-corrected chi connectivity index (χ0v) is 12.4. The number of nitrogens with zero attached hydrogens (tertiary/aromatic N) is 2. The number of aromatic nitrogens is 2. The van der Waals surface area contributed by atoms with Gasteiger partial charge in [0.05, 0.1) is 12.8 Å². The van der Waals surface area contributed by atoms with E-state index in [1.807, 2.05) is 7.05 Å². The molecule has 0 saturated carbocycles. The number of hydrogen-bond acceptors (Lipinski definition) is 5. The largest absolute Gasteiger partial charge is 0.392 e. The van der Waals surface area contributed by atoms with Gasteiger partial charge in [-0.1, -0.05) is 0 Å². The highest BCUT2D eigenvalue weighted by molar-refractivity contribution is 7.89. The monoisotopic (exact) mass is 290 g/mol. The molecule has 0 aromatic carbocycles. The normalized spacial score (nSPS) is 12.5. The van der Waals surface area contributed by atoms with Gasteiger partial charge in [-0.25, -0.2) is 13.1 Å². The van der Waals surface area contributed by atoms with Crippen LogP contribution >= 0.6 is 0 Å². The van der Waals surface area contributed by atoms with Crippen LogP contribution in [0.5, 0.6) is 0 Å². The first-order valence-electron chi connectivity index (χ1n) is 6.21. The van der Waals surface area contributed by atoms with Crippen molar-refractivity contribution in [2.75, 3.05) is 20.1 Å². The fraction of sp³-hybridized carbons (Fsp3) is 0.727. The topological polar surface area (TPSA) is 98.3 Å². The minimum absolute atomic E-state index is 0.0628. The Kier molecular flexibility index (Phi) is 5.92. The van der Waals surface area contributed by atoms with Gasteiger partial charge >= 0.3 is 0 Å². The molecule has 1 heterocycles. The molecule has 0 aliphatic rings. The number of aromatic amines is 1. The highest BCUT2D eigenvalue weighted by Crippen LogP contribution is 2.11. The highest BCUT2D eigenvalue weighted by atomic mass is 32.2. The summed E-state index contributed by atoms with van der Waals surface area (Å²) in [6.45, 7) is 4.98. The van der Waals surface area contributed by atoms with Gasteiger partial charge in [0.2, 0.25) is 0 Å². The highest BCUT2D eigenvalue weighted by Gasteiger charge is 2.19. The Morgan fingerprint density at radius 3 is 2.79 bits per heavy atom. The van der Waals surface area contributed by atoms with E-state index in [9.17, 15) is 8.42 Å². The lowest BCUT2D eigenvalue weighted by Crippen LogP contribution is -2.31. The maximum atomic E-state index is 11.9. The van der Waals surface area contributed by atoms with Crippen molar-refractivity contribution in [2.24, 2.45) is 0 Å². The molecule has 19 heavy (non-hydrogen) atoms. The van der Waals surface area contributed by atoms with Gasteiger partial charge in [0, 0.05) is 18.2 Å². The summed E-state index contributed by atoms with van der Waals surface area (Å²) in [5.74, 6) is 0. The Balaban J connectivity index is 2.48. The fourth-order valence-electron chi connectivity index (χ4n) is 1.51. The van der Waals surface area contributed by atoms with Gasteiger partial charge in [0.25, 0.3) is 10.0 Å². The standard InChI is InChI=1S/C11H22N4O3S/c1-9(2)15(3)6-4-5-13-19(17,18)11-10(8-16)7-12-14-11/h7,9,13,16H,4-6,8H2,1-3H3,(H,12,14). The number of H-pyrrole nitrogens is 1. The van der Waals surface area contributed by atoms with E-state index in [1.165, 1.54) is 6.20 Å².